The minimum absolute atomic E-state index is 0.00171. The molecule has 3 rings (SSSR count). The minimum Gasteiger partial charge on any atom is -0.376 e. The molecule has 6 nitrogen and oxygen atoms in total. The lowest BCUT2D eigenvalue weighted by Gasteiger charge is -2.25. The van der Waals surface area contributed by atoms with Crippen molar-refractivity contribution in [1.29, 1.82) is 0 Å². The molecule has 1 aliphatic rings. The van der Waals surface area contributed by atoms with Gasteiger partial charge in [0.25, 0.3) is 5.91 Å². The van der Waals surface area contributed by atoms with Gasteiger partial charge in [0.05, 0.1) is 6.10 Å². The summed E-state index contributed by atoms with van der Waals surface area (Å²) in [6.07, 6.45) is 1.90. The summed E-state index contributed by atoms with van der Waals surface area (Å²) in [5.74, 6) is -0.319. The van der Waals surface area contributed by atoms with E-state index in [1.807, 2.05) is 13.8 Å². The fourth-order valence-electron chi connectivity index (χ4n) is 3.12. The van der Waals surface area contributed by atoms with Crippen LogP contribution in [0.4, 0.5) is 10.3 Å². The van der Waals surface area contributed by atoms with Gasteiger partial charge in [-0.2, -0.15) is 0 Å². The summed E-state index contributed by atoms with van der Waals surface area (Å²) in [7, 11) is 0. The number of nitrogens with two attached hydrogens (primary N) is 1. The first-order valence-corrected chi connectivity index (χ1v) is 9.22. The topological polar surface area (TPSA) is 81.3 Å². The highest BCUT2D eigenvalue weighted by atomic mass is 19.1. The largest absolute Gasteiger partial charge is 0.376 e. The molecule has 1 amide bonds. The summed E-state index contributed by atoms with van der Waals surface area (Å²) in [4.78, 5) is 23.2. The molecule has 27 heavy (non-hydrogen) atoms. The average molecular weight is 372 g/mol. The van der Waals surface area contributed by atoms with E-state index in [2.05, 4.69) is 9.97 Å². The third-order valence-electron chi connectivity index (χ3n) is 4.60. The Bertz CT molecular complexity index is 789. The highest BCUT2D eigenvalue weighted by Crippen LogP contribution is 2.19. The van der Waals surface area contributed by atoms with Gasteiger partial charge in [-0.3, -0.25) is 4.79 Å². The van der Waals surface area contributed by atoms with Gasteiger partial charge in [0, 0.05) is 25.4 Å². The van der Waals surface area contributed by atoms with E-state index in [1.165, 1.54) is 12.1 Å². The number of hydrogen-bond acceptors (Lipinski definition) is 5. The van der Waals surface area contributed by atoms with Crippen LogP contribution in [0.25, 0.3) is 0 Å². The van der Waals surface area contributed by atoms with Crippen LogP contribution < -0.4 is 5.73 Å². The van der Waals surface area contributed by atoms with E-state index in [0.29, 0.717) is 19.7 Å². The SMILES string of the molecule is CC(C)c1cc(C(=O)N(Cc2ccc(F)cc2)CC2CCCO2)nc(N)n1. The summed E-state index contributed by atoms with van der Waals surface area (Å²) in [6, 6.07) is 7.84. The average Bonchev–Trinajstić information content (AvgIpc) is 3.15. The molecule has 1 atom stereocenters. The monoisotopic (exact) mass is 372 g/mol. The Hall–Kier alpha value is -2.54. The molecular formula is C20H25FN4O2. The Morgan fingerprint density at radius 1 is 1.33 bits per heavy atom. The van der Waals surface area contributed by atoms with Crippen molar-refractivity contribution in [1.82, 2.24) is 14.9 Å². The molecule has 2 aromatic rings. The van der Waals surface area contributed by atoms with Gasteiger partial charge in [0.1, 0.15) is 11.5 Å². The number of carbonyl (C=O) groups excluding carboxylic acids is 1. The number of ether oxygens (including phenoxy) is 1. The number of nitrogens with zero attached hydrogens (tertiary/aromatic N) is 3. The molecule has 0 aliphatic carbocycles. The molecule has 1 saturated heterocycles. The summed E-state index contributed by atoms with van der Waals surface area (Å²) >= 11 is 0. The standard InChI is InChI=1S/C20H25FN4O2/c1-13(2)17-10-18(24-20(22)23-17)19(26)25(12-16-4-3-9-27-16)11-14-5-7-15(21)8-6-14/h5-8,10,13,16H,3-4,9,11-12H2,1-2H3,(H2,22,23,24). The molecule has 7 heteroatoms. The molecule has 0 spiro atoms. The summed E-state index contributed by atoms with van der Waals surface area (Å²) in [5.41, 5.74) is 7.65. The van der Waals surface area contributed by atoms with Gasteiger partial charge in [-0.1, -0.05) is 26.0 Å². The van der Waals surface area contributed by atoms with Crippen molar-refractivity contribution >= 4 is 11.9 Å². The van der Waals surface area contributed by atoms with Crippen molar-refractivity contribution in [3.8, 4) is 0 Å². The maximum atomic E-state index is 13.2. The van der Waals surface area contributed by atoms with Crippen molar-refractivity contribution in [2.75, 3.05) is 18.9 Å². The number of anilines is 1. The first kappa shape index (κ1) is 19.2. The molecular weight excluding hydrogens is 347 g/mol. The number of aromatic nitrogens is 2. The molecule has 0 bridgehead atoms. The van der Waals surface area contributed by atoms with Crippen LogP contribution in [-0.4, -0.2) is 40.0 Å². The van der Waals surface area contributed by atoms with Crippen LogP contribution >= 0.6 is 0 Å². The van der Waals surface area contributed by atoms with Crippen LogP contribution in [0.5, 0.6) is 0 Å². The van der Waals surface area contributed by atoms with Crippen molar-refractivity contribution < 1.29 is 13.9 Å². The van der Waals surface area contributed by atoms with Gasteiger partial charge in [0.2, 0.25) is 5.95 Å². The van der Waals surface area contributed by atoms with Gasteiger partial charge in [-0.05, 0) is 42.5 Å². The maximum absolute atomic E-state index is 13.2. The Labute approximate surface area is 158 Å². The minimum atomic E-state index is -0.305. The second-order valence-electron chi connectivity index (χ2n) is 7.14. The van der Waals surface area contributed by atoms with E-state index >= 15 is 0 Å². The van der Waals surface area contributed by atoms with Crippen LogP contribution in [0.15, 0.2) is 30.3 Å². The van der Waals surface area contributed by atoms with Crippen molar-refractivity contribution in [2.45, 2.75) is 45.3 Å². The van der Waals surface area contributed by atoms with Crippen LogP contribution in [0, 0.1) is 5.82 Å². The zero-order chi connectivity index (χ0) is 19.4. The van der Waals surface area contributed by atoms with Crippen LogP contribution in [0.3, 0.4) is 0 Å². The lowest BCUT2D eigenvalue weighted by molar-refractivity contribution is 0.0502. The van der Waals surface area contributed by atoms with Crippen LogP contribution in [-0.2, 0) is 11.3 Å². The molecule has 1 aromatic heterocycles. The number of carbonyl (C=O) groups is 1. The lowest BCUT2D eigenvalue weighted by Crippen LogP contribution is -2.37. The number of halogens is 1. The Balaban J connectivity index is 1.86. The maximum Gasteiger partial charge on any atom is 0.273 e. The zero-order valence-electron chi connectivity index (χ0n) is 15.7. The fourth-order valence-corrected chi connectivity index (χ4v) is 3.12. The molecule has 1 aliphatic heterocycles. The lowest BCUT2D eigenvalue weighted by atomic mass is 10.1. The highest BCUT2D eigenvalue weighted by molar-refractivity contribution is 5.92. The summed E-state index contributed by atoms with van der Waals surface area (Å²) < 4.78 is 18.9. The number of benzene rings is 1. The van der Waals surface area contributed by atoms with Gasteiger partial charge in [0.15, 0.2) is 0 Å². The van der Waals surface area contributed by atoms with E-state index in [1.54, 1.807) is 23.1 Å². The molecule has 0 radical (unpaired) electrons. The van der Waals surface area contributed by atoms with Gasteiger partial charge < -0.3 is 15.4 Å². The third kappa shape index (κ3) is 5.01. The van der Waals surface area contributed by atoms with Gasteiger partial charge in [-0.25, -0.2) is 14.4 Å². The normalized spacial score (nSPS) is 16.7. The molecule has 144 valence electrons. The van der Waals surface area contributed by atoms with E-state index in [4.69, 9.17) is 10.5 Å². The highest BCUT2D eigenvalue weighted by Gasteiger charge is 2.25. The second kappa shape index (κ2) is 8.43. The fraction of sp³-hybridized carbons (Fsp3) is 0.450. The van der Waals surface area contributed by atoms with Crippen LogP contribution in [0.1, 0.15) is 54.4 Å². The number of nitrogen functional groups attached to an aromatic ring is 1. The number of rotatable bonds is 6. The molecule has 2 heterocycles. The van der Waals surface area contributed by atoms with Crippen molar-refractivity contribution in [3.63, 3.8) is 0 Å². The van der Waals surface area contributed by atoms with E-state index in [-0.39, 0.29) is 35.4 Å². The molecule has 1 unspecified atom stereocenters. The zero-order valence-corrected chi connectivity index (χ0v) is 15.7. The van der Waals surface area contributed by atoms with E-state index in [0.717, 1.165) is 24.1 Å². The quantitative estimate of drug-likeness (QED) is 0.842. The summed E-state index contributed by atoms with van der Waals surface area (Å²) in [5, 5.41) is 0. The predicted octanol–water partition coefficient (Wildman–Crippen LogP) is 3.14. The predicted molar refractivity (Wildman–Crippen MR) is 101 cm³/mol. The number of amides is 1. The van der Waals surface area contributed by atoms with Crippen molar-refractivity contribution in [3.05, 3.63) is 53.1 Å². The first-order valence-electron chi connectivity index (χ1n) is 9.22. The number of hydrogen-bond donors (Lipinski definition) is 1. The van der Waals surface area contributed by atoms with E-state index < -0.39 is 0 Å². The van der Waals surface area contributed by atoms with E-state index in [9.17, 15) is 9.18 Å². The van der Waals surface area contributed by atoms with Gasteiger partial charge in [-0.15, -0.1) is 0 Å². The molecule has 1 fully saturated rings. The smallest absolute Gasteiger partial charge is 0.273 e. The van der Waals surface area contributed by atoms with Crippen LogP contribution in [0.2, 0.25) is 0 Å². The van der Waals surface area contributed by atoms with Crippen molar-refractivity contribution in [2.24, 2.45) is 0 Å². The second-order valence-corrected chi connectivity index (χ2v) is 7.14. The summed E-state index contributed by atoms with van der Waals surface area (Å²) in [6.45, 7) is 5.48. The Morgan fingerprint density at radius 3 is 2.70 bits per heavy atom. The Morgan fingerprint density at radius 2 is 2.07 bits per heavy atom. The van der Waals surface area contributed by atoms with Gasteiger partial charge >= 0.3 is 0 Å². The molecule has 1 aromatic carbocycles. The first-order chi connectivity index (χ1) is 12.9. The Kier molecular flexibility index (Phi) is 6.01. The third-order valence-corrected chi connectivity index (χ3v) is 4.60. The molecule has 0 saturated carbocycles. The molecule has 2 N–H and O–H groups in total.